The van der Waals surface area contributed by atoms with E-state index < -0.39 is 83.1 Å². The minimum atomic E-state index is -5.03. The highest BCUT2D eigenvalue weighted by atomic mass is 35.5. The van der Waals surface area contributed by atoms with Crippen LogP contribution in [0.4, 0.5) is 5.95 Å². The molecule has 2 aliphatic heterocycles. The number of anilines is 1. The maximum absolute atomic E-state index is 13.2. The van der Waals surface area contributed by atoms with Crippen molar-refractivity contribution in [2.45, 2.75) is 49.2 Å². The number of aromatic amines is 1. The third-order valence-corrected chi connectivity index (χ3v) is 10.1. The summed E-state index contributed by atoms with van der Waals surface area (Å²) in [5.41, 5.74) is 5.27. The Morgan fingerprint density at radius 3 is 2.40 bits per heavy atom. The van der Waals surface area contributed by atoms with Crippen LogP contribution in [0, 0.1) is 5.92 Å². The number of hydrogen-bond donors (Lipinski definition) is 6. The number of imidazole rings is 2. The number of nitrogens with two attached hydrogens (primary N) is 1. The minimum absolute atomic E-state index is 0.00426. The molecule has 1 aliphatic carbocycles. The van der Waals surface area contributed by atoms with E-state index >= 15 is 0 Å². The first-order chi connectivity index (χ1) is 21.3. The average molecular weight is 692 g/mol. The minimum Gasteiger partial charge on any atom is -0.390 e. The van der Waals surface area contributed by atoms with Crippen LogP contribution in [0.1, 0.15) is 18.7 Å². The molecule has 6 heterocycles. The van der Waals surface area contributed by atoms with Gasteiger partial charge in [-0.2, -0.15) is 4.98 Å². The zero-order valence-electron chi connectivity index (χ0n) is 22.5. The molecule has 2 bridgehead atoms. The normalized spacial score (nSPS) is 37.7. The zero-order valence-corrected chi connectivity index (χ0v) is 25.1. The number of aromatic nitrogens is 8. The highest BCUT2D eigenvalue weighted by Crippen LogP contribution is 2.55. The number of nitrogens with zero attached hydrogens (tertiary/aromatic N) is 7. The van der Waals surface area contributed by atoms with Crippen molar-refractivity contribution in [1.29, 1.82) is 0 Å². The molecule has 7 N–H and O–H groups in total. The molecule has 3 fully saturated rings. The summed E-state index contributed by atoms with van der Waals surface area (Å²) in [5.74, 6) is -1.20. The molecular formula is C21H24ClN9O12P2. The van der Waals surface area contributed by atoms with Crippen molar-refractivity contribution >= 4 is 55.5 Å². The summed E-state index contributed by atoms with van der Waals surface area (Å²) in [6.45, 7) is -1.39. The van der Waals surface area contributed by atoms with Crippen molar-refractivity contribution in [1.82, 2.24) is 39.0 Å². The smallest absolute Gasteiger partial charge is 0.390 e. The molecule has 45 heavy (non-hydrogen) atoms. The highest BCUT2D eigenvalue weighted by Gasteiger charge is 2.53. The van der Waals surface area contributed by atoms with Crippen LogP contribution in [0.5, 0.6) is 0 Å². The number of aliphatic hydroxyl groups excluding tert-OH is 2. The molecule has 4 aromatic rings. The monoisotopic (exact) mass is 691 g/mol. The van der Waals surface area contributed by atoms with Crippen LogP contribution in [-0.2, 0) is 32.0 Å². The van der Waals surface area contributed by atoms with Gasteiger partial charge in [-0.1, -0.05) is 11.6 Å². The highest BCUT2D eigenvalue weighted by molar-refractivity contribution is 7.47. The van der Waals surface area contributed by atoms with Gasteiger partial charge in [-0.3, -0.25) is 32.4 Å². The molecule has 2 saturated heterocycles. The van der Waals surface area contributed by atoms with Crippen molar-refractivity contribution in [3.8, 4) is 0 Å². The largest absolute Gasteiger partial charge is 0.472 e. The Labute approximate surface area is 255 Å². The molecule has 3 aliphatic rings. The third kappa shape index (κ3) is 5.47. The van der Waals surface area contributed by atoms with Gasteiger partial charge in [-0.05, 0) is 6.42 Å². The second-order valence-corrected chi connectivity index (χ2v) is 13.7. The van der Waals surface area contributed by atoms with Crippen LogP contribution >= 0.6 is 27.2 Å². The molecule has 10 atom stereocenters. The molecule has 0 radical (unpaired) electrons. The molecular weight excluding hydrogens is 668 g/mol. The van der Waals surface area contributed by atoms with Gasteiger partial charge in [0.25, 0.3) is 5.56 Å². The van der Waals surface area contributed by atoms with E-state index in [0.717, 1.165) is 6.33 Å². The first-order valence-electron chi connectivity index (χ1n) is 13.2. The number of H-pyrrole nitrogens is 1. The van der Waals surface area contributed by atoms with Crippen LogP contribution in [0.3, 0.4) is 0 Å². The fourth-order valence-corrected chi connectivity index (χ4v) is 7.94. The van der Waals surface area contributed by atoms with E-state index in [0.29, 0.717) is 0 Å². The molecule has 4 unspecified atom stereocenters. The van der Waals surface area contributed by atoms with Crippen LogP contribution in [0.25, 0.3) is 22.3 Å². The average Bonchev–Trinajstić information content (AvgIpc) is 3.72. The quantitative estimate of drug-likeness (QED) is 0.113. The Hall–Kier alpha value is -2.91. The van der Waals surface area contributed by atoms with Crippen molar-refractivity contribution in [3.05, 3.63) is 34.5 Å². The van der Waals surface area contributed by atoms with Crippen LogP contribution in [0.15, 0.2) is 23.8 Å². The lowest BCUT2D eigenvalue weighted by atomic mass is 10.1. The Morgan fingerprint density at radius 1 is 0.933 bits per heavy atom. The predicted molar refractivity (Wildman–Crippen MR) is 147 cm³/mol. The maximum atomic E-state index is 13.2. The molecule has 242 valence electrons. The zero-order chi connectivity index (χ0) is 31.8. The summed E-state index contributed by atoms with van der Waals surface area (Å²) in [5, 5.41) is 22.3. The first-order valence-corrected chi connectivity index (χ1v) is 16.6. The number of phosphoric ester groups is 2. The number of ether oxygens (including phenoxy) is 1. The number of aliphatic hydroxyl groups is 2. The fraction of sp³-hybridized carbons (Fsp3) is 0.524. The summed E-state index contributed by atoms with van der Waals surface area (Å²) in [4.78, 5) is 56.1. The second-order valence-electron chi connectivity index (χ2n) is 10.5. The van der Waals surface area contributed by atoms with Gasteiger partial charge in [0.15, 0.2) is 28.2 Å². The molecule has 4 aromatic heterocycles. The number of halogens is 1. The summed E-state index contributed by atoms with van der Waals surface area (Å²) < 4.78 is 56.0. The molecule has 0 amide bonds. The van der Waals surface area contributed by atoms with Crippen molar-refractivity contribution in [2.75, 3.05) is 18.9 Å². The van der Waals surface area contributed by atoms with E-state index in [1.165, 1.54) is 21.8 Å². The van der Waals surface area contributed by atoms with Crippen LogP contribution in [-0.4, -0.2) is 103 Å². The Kier molecular flexibility index (Phi) is 7.59. The lowest BCUT2D eigenvalue weighted by Crippen LogP contribution is -2.36. The lowest BCUT2D eigenvalue weighted by molar-refractivity contribution is -0.0552. The van der Waals surface area contributed by atoms with E-state index in [2.05, 4.69) is 29.9 Å². The van der Waals surface area contributed by atoms with E-state index in [-0.39, 0.29) is 39.9 Å². The van der Waals surface area contributed by atoms with Crippen LogP contribution < -0.4 is 11.3 Å². The standard InChI is InChI=1S/C21H24ClN9O12P2/c22-16-10-17(25-4-24-16)31(6-26-10)20-13(33)15-9(41-20)3-40-45(37,38)42-14-8(1-7(12(14)32)2-39-44(35,36)43-15)30-5-27-11-18(30)28-21(23)29-19(11)34/h4-9,12-15,20,32-33H,1-3H2,(H,35,36)(H,37,38)(H3,23,28,29,34)/t7-,8-,9-,12?,13+,14-,15?,20-/m1/s1. The Balaban J connectivity index is 1.21. The fourth-order valence-electron chi connectivity index (χ4n) is 5.79. The van der Waals surface area contributed by atoms with Gasteiger partial charge in [0.2, 0.25) is 5.95 Å². The maximum Gasteiger partial charge on any atom is 0.472 e. The number of nitrogens with one attached hydrogen (secondary N) is 1. The van der Waals surface area contributed by atoms with Crippen molar-refractivity contribution < 1.29 is 52.0 Å². The van der Waals surface area contributed by atoms with E-state index in [9.17, 15) is 33.9 Å². The number of phosphoric acid groups is 2. The first kappa shape index (κ1) is 30.7. The Bertz CT molecular complexity index is 1940. The summed E-state index contributed by atoms with van der Waals surface area (Å²) in [6.07, 6.45) is -5.60. The van der Waals surface area contributed by atoms with E-state index in [4.69, 9.17) is 40.2 Å². The number of rotatable bonds is 2. The van der Waals surface area contributed by atoms with Gasteiger partial charge in [-0.15, -0.1) is 0 Å². The second kappa shape index (κ2) is 11.1. The summed E-state index contributed by atoms with van der Waals surface area (Å²) >= 11 is 6.07. The van der Waals surface area contributed by atoms with Crippen LogP contribution in [0.2, 0.25) is 5.15 Å². The topological polar surface area (TPSA) is 294 Å². The molecule has 7 rings (SSSR count). The van der Waals surface area contributed by atoms with Gasteiger partial charge in [0.1, 0.15) is 36.3 Å². The molecule has 21 nitrogen and oxygen atoms in total. The molecule has 0 spiro atoms. The third-order valence-electron chi connectivity index (χ3n) is 7.81. The van der Waals surface area contributed by atoms with Crippen molar-refractivity contribution in [3.63, 3.8) is 0 Å². The predicted octanol–water partition coefficient (Wildman–Crippen LogP) is -0.607. The van der Waals surface area contributed by atoms with Crippen molar-refractivity contribution in [2.24, 2.45) is 5.92 Å². The van der Waals surface area contributed by atoms with Gasteiger partial charge >= 0.3 is 15.6 Å². The Morgan fingerprint density at radius 2 is 1.62 bits per heavy atom. The number of fused-ring (bicyclic) bond motifs is 5. The van der Waals surface area contributed by atoms with E-state index in [1.54, 1.807) is 0 Å². The SMILES string of the molecule is Nc1nc2c(ncn2[C@@H]2C[C@@H]3COP(=O)(O)OC4[C@@H](COP(=O)(O)O[C@H]2C3O)O[C@@H](n2cnc3c(Cl)ncnc32)[C@H]4O)c(=O)[nH]1. The van der Waals surface area contributed by atoms with Gasteiger partial charge < -0.3 is 35.0 Å². The molecule has 1 saturated carbocycles. The summed E-state index contributed by atoms with van der Waals surface area (Å²) in [6, 6.07) is -0.997. The number of nitrogen functional groups attached to an aromatic ring is 1. The summed E-state index contributed by atoms with van der Waals surface area (Å²) in [7, 11) is -10.0. The molecule has 24 heteroatoms. The number of hydrogen-bond acceptors (Lipinski definition) is 16. The van der Waals surface area contributed by atoms with Gasteiger partial charge in [-0.25, -0.2) is 29.1 Å². The molecule has 0 aromatic carbocycles. The van der Waals surface area contributed by atoms with Gasteiger partial charge in [0, 0.05) is 5.92 Å². The van der Waals surface area contributed by atoms with E-state index in [1.807, 2.05) is 0 Å². The van der Waals surface area contributed by atoms with Gasteiger partial charge in [0.05, 0.1) is 38.0 Å². The lowest BCUT2D eigenvalue weighted by Gasteiger charge is -2.26.